The van der Waals surface area contributed by atoms with Crippen molar-refractivity contribution in [3.8, 4) is 5.75 Å². The zero-order valence-electron chi connectivity index (χ0n) is 14.1. The fourth-order valence-corrected chi connectivity index (χ4v) is 3.28. The van der Waals surface area contributed by atoms with Crippen LogP contribution in [0.25, 0.3) is 0 Å². The molecule has 1 N–H and O–H groups in total. The number of halogens is 4. The van der Waals surface area contributed by atoms with Gasteiger partial charge in [-0.15, -0.1) is 11.8 Å². The number of para-hydroxylation sites is 1. The lowest BCUT2D eigenvalue weighted by Crippen LogP contribution is -2.24. The number of thioether (sulfide) groups is 1. The van der Waals surface area contributed by atoms with Crippen molar-refractivity contribution >= 4 is 35.0 Å². The molecule has 0 aliphatic rings. The SMILES string of the molecule is COc1ccc(Cl)cc1CS[C@@H](C)C(=O)Nc1ccccc1C(F)(F)F. The summed E-state index contributed by atoms with van der Waals surface area (Å²) >= 11 is 7.24. The molecule has 2 aromatic carbocycles. The molecule has 0 unspecified atom stereocenters. The van der Waals surface area contributed by atoms with E-state index in [1.807, 2.05) is 0 Å². The number of carbonyl (C=O) groups is 1. The first kappa shape index (κ1) is 20.5. The number of hydrogen-bond donors (Lipinski definition) is 1. The number of alkyl halides is 3. The van der Waals surface area contributed by atoms with Crippen LogP contribution in [0.4, 0.5) is 18.9 Å². The van der Waals surface area contributed by atoms with Crippen molar-refractivity contribution in [1.82, 2.24) is 0 Å². The van der Waals surface area contributed by atoms with Crippen molar-refractivity contribution < 1.29 is 22.7 Å². The predicted octanol–water partition coefficient (Wildman–Crippen LogP) is 5.63. The van der Waals surface area contributed by atoms with Gasteiger partial charge >= 0.3 is 6.18 Å². The molecule has 0 bridgehead atoms. The predicted molar refractivity (Wildman–Crippen MR) is 98.8 cm³/mol. The summed E-state index contributed by atoms with van der Waals surface area (Å²) < 4.78 is 44.3. The molecule has 8 heteroatoms. The molecule has 26 heavy (non-hydrogen) atoms. The fraction of sp³-hybridized carbons (Fsp3) is 0.278. The van der Waals surface area contributed by atoms with Gasteiger partial charge in [0.2, 0.25) is 5.91 Å². The normalized spacial score (nSPS) is 12.5. The van der Waals surface area contributed by atoms with Crippen LogP contribution in [0.15, 0.2) is 42.5 Å². The number of methoxy groups -OCH3 is 1. The van der Waals surface area contributed by atoms with Crippen LogP contribution in [0.5, 0.6) is 5.75 Å². The molecule has 2 rings (SSSR count). The minimum absolute atomic E-state index is 0.252. The number of carbonyl (C=O) groups excluding carboxylic acids is 1. The molecule has 0 spiro atoms. The number of amides is 1. The Bertz CT molecular complexity index is 783. The third-order valence-electron chi connectivity index (χ3n) is 3.59. The van der Waals surface area contributed by atoms with Crippen molar-refractivity contribution in [1.29, 1.82) is 0 Å². The molecule has 2 aromatic rings. The molecule has 0 saturated carbocycles. The number of nitrogens with one attached hydrogen (secondary N) is 1. The van der Waals surface area contributed by atoms with Crippen LogP contribution < -0.4 is 10.1 Å². The average molecular weight is 404 g/mol. The van der Waals surface area contributed by atoms with Crippen LogP contribution >= 0.6 is 23.4 Å². The highest BCUT2D eigenvalue weighted by Gasteiger charge is 2.33. The Kier molecular flexibility index (Phi) is 6.83. The minimum atomic E-state index is -4.53. The summed E-state index contributed by atoms with van der Waals surface area (Å²) in [4.78, 5) is 12.3. The van der Waals surface area contributed by atoms with Gasteiger partial charge in [0, 0.05) is 16.3 Å². The van der Waals surface area contributed by atoms with Gasteiger partial charge in [-0.3, -0.25) is 4.79 Å². The third kappa shape index (κ3) is 5.32. The van der Waals surface area contributed by atoms with Crippen LogP contribution in [0, 0.1) is 0 Å². The number of rotatable bonds is 6. The molecule has 3 nitrogen and oxygen atoms in total. The molecule has 0 saturated heterocycles. The Balaban J connectivity index is 2.04. The van der Waals surface area contributed by atoms with Crippen molar-refractivity contribution in [2.24, 2.45) is 0 Å². The Morgan fingerprint density at radius 2 is 1.96 bits per heavy atom. The molecule has 0 aliphatic carbocycles. The Morgan fingerprint density at radius 1 is 1.27 bits per heavy atom. The van der Waals surface area contributed by atoms with E-state index in [9.17, 15) is 18.0 Å². The first-order valence-electron chi connectivity index (χ1n) is 7.63. The van der Waals surface area contributed by atoms with E-state index in [0.717, 1.165) is 11.6 Å². The van der Waals surface area contributed by atoms with E-state index in [2.05, 4.69) is 5.32 Å². The summed E-state index contributed by atoms with van der Waals surface area (Å²) in [6.07, 6.45) is -4.53. The minimum Gasteiger partial charge on any atom is -0.496 e. The van der Waals surface area contributed by atoms with Gasteiger partial charge < -0.3 is 10.1 Å². The van der Waals surface area contributed by atoms with Crippen LogP contribution in [-0.4, -0.2) is 18.3 Å². The number of benzene rings is 2. The zero-order chi connectivity index (χ0) is 19.3. The van der Waals surface area contributed by atoms with E-state index in [1.165, 1.54) is 37.1 Å². The van der Waals surface area contributed by atoms with Crippen molar-refractivity contribution in [2.75, 3.05) is 12.4 Å². The number of anilines is 1. The van der Waals surface area contributed by atoms with Gasteiger partial charge in [-0.25, -0.2) is 0 Å². The van der Waals surface area contributed by atoms with Gasteiger partial charge in [0.1, 0.15) is 5.75 Å². The highest BCUT2D eigenvalue weighted by Crippen LogP contribution is 2.35. The maximum Gasteiger partial charge on any atom is 0.418 e. The smallest absolute Gasteiger partial charge is 0.418 e. The van der Waals surface area contributed by atoms with Gasteiger partial charge in [-0.2, -0.15) is 13.2 Å². The van der Waals surface area contributed by atoms with Crippen LogP contribution in [0.3, 0.4) is 0 Å². The Hall–Kier alpha value is -1.86. The molecule has 1 atom stereocenters. The lowest BCUT2D eigenvalue weighted by atomic mass is 10.1. The van der Waals surface area contributed by atoms with Crippen LogP contribution in [0.2, 0.25) is 5.02 Å². The second-order valence-electron chi connectivity index (χ2n) is 5.44. The Labute approximate surface area is 158 Å². The van der Waals surface area contributed by atoms with Crippen molar-refractivity contribution in [3.63, 3.8) is 0 Å². The average Bonchev–Trinajstić information content (AvgIpc) is 2.59. The van der Waals surface area contributed by atoms with E-state index in [4.69, 9.17) is 16.3 Å². The maximum absolute atomic E-state index is 13.0. The van der Waals surface area contributed by atoms with Crippen LogP contribution in [-0.2, 0) is 16.7 Å². The van der Waals surface area contributed by atoms with Gasteiger partial charge in [-0.05, 0) is 37.3 Å². The standard InChI is InChI=1S/C18H17ClF3NO2S/c1-11(26-10-12-9-13(19)7-8-16(12)25-2)17(24)23-15-6-4-3-5-14(15)18(20,21)22/h3-9,11H,10H2,1-2H3,(H,23,24)/t11-/m0/s1. The van der Waals surface area contributed by atoms with Crippen LogP contribution in [0.1, 0.15) is 18.1 Å². The van der Waals surface area contributed by atoms with Gasteiger partial charge in [0.25, 0.3) is 0 Å². The molecular weight excluding hydrogens is 387 g/mol. The summed E-state index contributed by atoms with van der Waals surface area (Å²) in [6, 6.07) is 10.0. The molecule has 0 radical (unpaired) electrons. The lowest BCUT2D eigenvalue weighted by Gasteiger charge is -2.16. The quantitative estimate of drug-likeness (QED) is 0.679. The van der Waals surface area contributed by atoms with Gasteiger partial charge in [0.05, 0.1) is 23.6 Å². The first-order valence-corrected chi connectivity index (χ1v) is 9.06. The zero-order valence-corrected chi connectivity index (χ0v) is 15.6. The van der Waals surface area contributed by atoms with Crippen molar-refractivity contribution in [2.45, 2.75) is 24.1 Å². The summed E-state index contributed by atoms with van der Waals surface area (Å²) in [7, 11) is 1.53. The second-order valence-corrected chi connectivity index (χ2v) is 7.21. The van der Waals surface area contributed by atoms with E-state index in [1.54, 1.807) is 25.1 Å². The van der Waals surface area contributed by atoms with E-state index in [-0.39, 0.29) is 5.69 Å². The molecule has 0 aliphatic heterocycles. The second kappa shape index (κ2) is 8.68. The maximum atomic E-state index is 13.0. The largest absolute Gasteiger partial charge is 0.496 e. The Morgan fingerprint density at radius 3 is 2.62 bits per heavy atom. The molecule has 0 fully saturated rings. The highest BCUT2D eigenvalue weighted by molar-refractivity contribution is 7.99. The van der Waals surface area contributed by atoms with E-state index < -0.39 is 22.9 Å². The van der Waals surface area contributed by atoms with E-state index in [0.29, 0.717) is 16.5 Å². The van der Waals surface area contributed by atoms with E-state index >= 15 is 0 Å². The highest BCUT2D eigenvalue weighted by atomic mass is 35.5. The topological polar surface area (TPSA) is 38.3 Å². The molecule has 0 heterocycles. The van der Waals surface area contributed by atoms with Gasteiger partial charge in [-0.1, -0.05) is 23.7 Å². The van der Waals surface area contributed by atoms with Gasteiger partial charge in [0.15, 0.2) is 0 Å². The summed E-state index contributed by atoms with van der Waals surface area (Å²) in [5.74, 6) is 0.559. The third-order valence-corrected chi connectivity index (χ3v) is 5.02. The van der Waals surface area contributed by atoms with Crippen molar-refractivity contribution in [3.05, 3.63) is 58.6 Å². The molecular formula is C18H17ClF3NO2S. The lowest BCUT2D eigenvalue weighted by molar-refractivity contribution is -0.137. The molecule has 140 valence electrons. The summed E-state index contributed by atoms with van der Waals surface area (Å²) in [5, 5.41) is 2.33. The monoisotopic (exact) mass is 403 g/mol. The molecule has 1 amide bonds. The fourth-order valence-electron chi connectivity index (χ4n) is 2.22. The summed E-state index contributed by atoms with van der Waals surface area (Å²) in [5.41, 5.74) is -0.319. The molecule has 0 aromatic heterocycles. The number of hydrogen-bond acceptors (Lipinski definition) is 3. The first-order chi connectivity index (χ1) is 12.2. The summed E-state index contributed by atoms with van der Waals surface area (Å²) in [6.45, 7) is 1.63. The number of ether oxygens (including phenoxy) is 1.